The third-order valence-electron chi connectivity index (χ3n) is 3.52. The zero-order valence-electron chi connectivity index (χ0n) is 10.4. The first-order chi connectivity index (χ1) is 7.11. The van der Waals surface area contributed by atoms with Crippen LogP contribution in [0.1, 0.15) is 59.3 Å². The zero-order chi connectivity index (χ0) is 11.3. The molecule has 0 heterocycles. The van der Waals surface area contributed by atoms with Crippen LogP contribution in [0, 0.1) is 11.8 Å². The fourth-order valence-electron chi connectivity index (χ4n) is 2.14. The Kier molecular flexibility index (Phi) is 5.07. The number of allylic oxidation sites excluding steroid dienone is 2. The highest BCUT2D eigenvalue weighted by Crippen LogP contribution is 2.25. The van der Waals surface area contributed by atoms with Gasteiger partial charge in [-0.05, 0) is 30.8 Å². The molecule has 0 N–H and O–H groups in total. The van der Waals surface area contributed by atoms with Crippen LogP contribution >= 0.6 is 0 Å². The Bertz CT molecular complexity index is 240. The van der Waals surface area contributed by atoms with Gasteiger partial charge in [0.25, 0.3) is 0 Å². The van der Waals surface area contributed by atoms with Crippen LogP contribution in [-0.4, -0.2) is 5.78 Å². The molecule has 0 saturated carbocycles. The molecule has 0 aromatic rings. The Morgan fingerprint density at radius 3 is 2.40 bits per heavy atom. The van der Waals surface area contributed by atoms with Gasteiger partial charge in [-0.25, -0.2) is 0 Å². The van der Waals surface area contributed by atoms with Crippen molar-refractivity contribution in [2.24, 2.45) is 11.8 Å². The lowest BCUT2D eigenvalue weighted by molar-refractivity contribution is -0.114. The van der Waals surface area contributed by atoms with Gasteiger partial charge in [-0.2, -0.15) is 0 Å². The summed E-state index contributed by atoms with van der Waals surface area (Å²) in [6, 6.07) is 0. The fourth-order valence-corrected chi connectivity index (χ4v) is 2.14. The fraction of sp³-hybridized carbons (Fsp3) is 0.786. The quantitative estimate of drug-likeness (QED) is 0.641. The van der Waals surface area contributed by atoms with E-state index in [1.165, 1.54) is 24.8 Å². The molecular formula is C14H24O. The summed E-state index contributed by atoms with van der Waals surface area (Å²) >= 11 is 0. The lowest BCUT2D eigenvalue weighted by Gasteiger charge is -2.14. The molecule has 1 aliphatic rings. The minimum Gasteiger partial charge on any atom is -0.295 e. The van der Waals surface area contributed by atoms with Crippen LogP contribution in [-0.2, 0) is 4.79 Å². The van der Waals surface area contributed by atoms with Crippen LogP contribution in [0.5, 0.6) is 0 Å². The van der Waals surface area contributed by atoms with Gasteiger partial charge in [-0.3, -0.25) is 4.79 Å². The van der Waals surface area contributed by atoms with Crippen molar-refractivity contribution in [3.63, 3.8) is 0 Å². The van der Waals surface area contributed by atoms with Crippen LogP contribution in [0.3, 0.4) is 0 Å². The van der Waals surface area contributed by atoms with Crippen molar-refractivity contribution in [3.8, 4) is 0 Å². The van der Waals surface area contributed by atoms with E-state index in [0.717, 1.165) is 31.1 Å². The van der Waals surface area contributed by atoms with Gasteiger partial charge in [0.15, 0.2) is 5.78 Å². The zero-order valence-corrected chi connectivity index (χ0v) is 10.4. The van der Waals surface area contributed by atoms with Crippen molar-refractivity contribution in [1.82, 2.24) is 0 Å². The van der Waals surface area contributed by atoms with Crippen molar-refractivity contribution in [2.45, 2.75) is 59.3 Å². The van der Waals surface area contributed by atoms with Crippen molar-refractivity contribution in [3.05, 3.63) is 11.6 Å². The number of carbonyl (C=O) groups excluding carboxylic acids is 1. The summed E-state index contributed by atoms with van der Waals surface area (Å²) in [6.07, 6.45) is 8.72. The van der Waals surface area contributed by atoms with Gasteiger partial charge >= 0.3 is 0 Å². The van der Waals surface area contributed by atoms with E-state index in [9.17, 15) is 4.79 Å². The molecule has 0 aliphatic heterocycles. The van der Waals surface area contributed by atoms with Crippen molar-refractivity contribution in [1.29, 1.82) is 0 Å². The van der Waals surface area contributed by atoms with Gasteiger partial charge in [0.05, 0.1) is 0 Å². The highest BCUT2D eigenvalue weighted by molar-refractivity contribution is 5.92. The molecular weight excluding hydrogens is 184 g/mol. The van der Waals surface area contributed by atoms with E-state index in [1.807, 2.05) is 6.08 Å². The van der Waals surface area contributed by atoms with Gasteiger partial charge in [-0.15, -0.1) is 0 Å². The van der Waals surface area contributed by atoms with Gasteiger partial charge in [-0.1, -0.05) is 45.6 Å². The minimum atomic E-state index is 0.333. The third kappa shape index (κ3) is 4.63. The Hall–Kier alpha value is -0.590. The van der Waals surface area contributed by atoms with E-state index in [0.29, 0.717) is 5.78 Å². The Labute approximate surface area is 93.9 Å². The molecule has 1 rings (SSSR count). The first-order valence-electron chi connectivity index (χ1n) is 6.34. The summed E-state index contributed by atoms with van der Waals surface area (Å²) < 4.78 is 0. The first-order valence-corrected chi connectivity index (χ1v) is 6.34. The molecule has 2 atom stereocenters. The molecule has 1 aliphatic carbocycles. The SMILES string of the molecule is CCC(C)CCC(C)CC1=CC(=O)CC1. The van der Waals surface area contributed by atoms with E-state index < -0.39 is 0 Å². The maximum Gasteiger partial charge on any atom is 0.155 e. The summed E-state index contributed by atoms with van der Waals surface area (Å²) in [5.74, 6) is 1.93. The summed E-state index contributed by atoms with van der Waals surface area (Å²) in [6.45, 7) is 6.89. The maximum absolute atomic E-state index is 11.1. The number of hydrogen-bond acceptors (Lipinski definition) is 1. The van der Waals surface area contributed by atoms with E-state index in [4.69, 9.17) is 0 Å². The molecule has 1 nitrogen and oxygen atoms in total. The Morgan fingerprint density at radius 2 is 1.87 bits per heavy atom. The van der Waals surface area contributed by atoms with Crippen molar-refractivity contribution in [2.75, 3.05) is 0 Å². The van der Waals surface area contributed by atoms with E-state index in [-0.39, 0.29) is 0 Å². The number of hydrogen-bond donors (Lipinski definition) is 0. The molecule has 1 heteroatoms. The van der Waals surface area contributed by atoms with Crippen LogP contribution in [0.2, 0.25) is 0 Å². The van der Waals surface area contributed by atoms with Crippen LogP contribution < -0.4 is 0 Å². The van der Waals surface area contributed by atoms with E-state index >= 15 is 0 Å². The molecule has 0 aromatic carbocycles. The molecule has 0 bridgehead atoms. The molecule has 86 valence electrons. The second-order valence-electron chi connectivity index (χ2n) is 5.17. The normalized spacial score (nSPS) is 20.2. The predicted molar refractivity (Wildman–Crippen MR) is 64.8 cm³/mol. The van der Waals surface area contributed by atoms with Crippen molar-refractivity contribution < 1.29 is 4.79 Å². The predicted octanol–water partition coefficient (Wildman–Crippen LogP) is 4.13. The summed E-state index contributed by atoms with van der Waals surface area (Å²) in [4.78, 5) is 11.1. The van der Waals surface area contributed by atoms with Crippen molar-refractivity contribution >= 4 is 5.78 Å². The molecule has 0 fully saturated rings. The number of ketones is 1. The molecule has 0 radical (unpaired) electrons. The standard InChI is InChI=1S/C14H24O/c1-4-11(2)5-6-12(3)9-13-7-8-14(15)10-13/h10-12H,4-9H2,1-3H3. The van der Waals surface area contributed by atoms with Crippen LogP contribution in [0.4, 0.5) is 0 Å². The van der Waals surface area contributed by atoms with Crippen LogP contribution in [0.25, 0.3) is 0 Å². The molecule has 0 amide bonds. The summed E-state index contributed by atoms with van der Waals surface area (Å²) in [5.41, 5.74) is 1.39. The monoisotopic (exact) mass is 208 g/mol. The smallest absolute Gasteiger partial charge is 0.155 e. The van der Waals surface area contributed by atoms with Gasteiger partial charge < -0.3 is 0 Å². The molecule has 15 heavy (non-hydrogen) atoms. The molecule has 2 unspecified atom stereocenters. The van der Waals surface area contributed by atoms with Crippen LogP contribution in [0.15, 0.2) is 11.6 Å². The minimum absolute atomic E-state index is 0.333. The largest absolute Gasteiger partial charge is 0.295 e. The topological polar surface area (TPSA) is 17.1 Å². The number of rotatable bonds is 6. The Morgan fingerprint density at radius 1 is 1.20 bits per heavy atom. The Balaban J connectivity index is 2.21. The number of carbonyl (C=O) groups is 1. The van der Waals surface area contributed by atoms with Gasteiger partial charge in [0, 0.05) is 6.42 Å². The molecule has 0 saturated heterocycles. The summed E-state index contributed by atoms with van der Waals surface area (Å²) in [7, 11) is 0. The average molecular weight is 208 g/mol. The highest BCUT2D eigenvalue weighted by Gasteiger charge is 2.14. The maximum atomic E-state index is 11.1. The lowest BCUT2D eigenvalue weighted by atomic mass is 9.92. The molecule has 0 aromatic heterocycles. The second kappa shape index (κ2) is 6.09. The third-order valence-corrected chi connectivity index (χ3v) is 3.52. The van der Waals surface area contributed by atoms with E-state index in [2.05, 4.69) is 20.8 Å². The first kappa shape index (κ1) is 12.5. The average Bonchev–Trinajstić information content (AvgIpc) is 2.60. The lowest BCUT2D eigenvalue weighted by Crippen LogP contribution is -2.00. The summed E-state index contributed by atoms with van der Waals surface area (Å²) in [5, 5.41) is 0. The molecule has 0 spiro atoms. The van der Waals surface area contributed by atoms with Gasteiger partial charge in [0.1, 0.15) is 0 Å². The van der Waals surface area contributed by atoms with Gasteiger partial charge in [0.2, 0.25) is 0 Å². The van der Waals surface area contributed by atoms with E-state index in [1.54, 1.807) is 0 Å². The highest BCUT2D eigenvalue weighted by atomic mass is 16.1. The second-order valence-corrected chi connectivity index (χ2v) is 5.17.